The van der Waals surface area contributed by atoms with E-state index >= 15 is 0 Å². The van der Waals surface area contributed by atoms with E-state index < -0.39 is 11.9 Å². The van der Waals surface area contributed by atoms with Gasteiger partial charge in [-0.25, -0.2) is 14.6 Å². The van der Waals surface area contributed by atoms with Gasteiger partial charge in [0.2, 0.25) is 0 Å². The molecule has 6 nitrogen and oxygen atoms in total. The molecule has 1 aromatic rings. The van der Waals surface area contributed by atoms with Crippen LogP contribution in [0.3, 0.4) is 0 Å². The molecule has 0 spiro atoms. The lowest BCUT2D eigenvalue weighted by atomic mass is 10.2. The monoisotopic (exact) mass is 226 g/mol. The molecule has 1 aromatic heterocycles. The van der Waals surface area contributed by atoms with E-state index in [1.807, 2.05) is 13.8 Å². The Labute approximate surface area is 93.0 Å². The van der Waals surface area contributed by atoms with E-state index in [0.717, 1.165) is 0 Å². The Morgan fingerprint density at radius 3 is 2.19 bits per heavy atom. The lowest BCUT2D eigenvalue weighted by Crippen LogP contribution is -2.11. The van der Waals surface area contributed by atoms with Crippen LogP contribution in [0.1, 0.15) is 46.6 Å². The summed E-state index contributed by atoms with van der Waals surface area (Å²) >= 11 is 0. The third kappa shape index (κ3) is 2.21. The van der Waals surface area contributed by atoms with E-state index in [1.54, 1.807) is 0 Å². The normalized spacial score (nSPS) is 10.3. The molecule has 6 heteroatoms. The maximum atomic E-state index is 11.4. The van der Waals surface area contributed by atoms with E-state index in [0.29, 0.717) is 5.82 Å². The fraction of sp³-hybridized carbons (Fsp3) is 0.500. The van der Waals surface area contributed by atoms with Gasteiger partial charge in [0.25, 0.3) is 0 Å². The average Bonchev–Trinajstić information content (AvgIpc) is 2.71. The Morgan fingerprint density at radius 1 is 1.19 bits per heavy atom. The van der Waals surface area contributed by atoms with Crippen LogP contribution < -0.4 is 0 Å². The van der Waals surface area contributed by atoms with Crippen LogP contribution in [0.15, 0.2) is 0 Å². The molecule has 0 aromatic carbocycles. The number of nitrogens with zero attached hydrogens (tertiary/aromatic N) is 1. The van der Waals surface area contributed by atoms with Crippen molar-refractivity contribution in [3.8, 4) is 0 Å². The lowest BCUT2D eigenvalue weighted by molar-refractivity contribution is 0.0548. The molecule has 0 aliphatic heterocycles. The fourth-order valence-electron chi connectivity index (χ4n) is 1.16. The zero-order valence-corrected chi connectivity index (χ0v) is 9.66. The molecule has 1 heterocycles. The molecular formula is C10H14N2O4. The van der Waals surface area contributed by atoms with Gasteiger partial charge in [0.1, 0.15) is 5.82 Å². The van der Waals surface area contributed by atoms with Crippen molar-refractivity contribution in [2.24, 2.45) is 0 Å². The Morgan fingerprint density at radius 2 is 1.75 bits per heavy atom. The van der Waals surface area contributed by atoms with Crippen LogP contribution >= 0.6 is 0 Å². The van der Waals surface area contributed by atoms with Crippen LogP contribution in [0.2, 0.25) is 0 Å². The van der Waals surface area contributed by atoms with Crippen molar-refractivity contribution in [3.63, 3.8) is 0 Å². The molecular weight excluding hydrogens is 212 g/mol. The van der Waals surface area contributed by atoms with Crippen molar-refractivity contribution >= 4 is 11.9 Å². The van der Waals surface area contributed by atoms with Crippen LogP contribution in [0.5, 0.6) is 0 Å². The molecule has 1 N–H and O–H groups in total. The molecule has 0 unspecified atom stereocenters. The van der Waals surface area contributed by atoms with Crippen LogP contribution in [0, 0.1) is 0 Å². The maximum absolute atomic E-state index is 11.4. The highest BCUT2D eigenvalue weighted by Gasteiger charge is 2.24. The Balaban J connectivity index is 3.22. The van der Waals surface area contributed by atoms with Crippen LogP contribution in [0.4, 0.5) is 0 Å². The zero-order chi connectivity index (χ0) is 12.3. The summed E-state index contributed by atoms with van der Waals surface area (Å²) in [6.45, 7) is 3.78. The molecule has 1 rings (SSSR count). The van der Waals surface area contributed by atoms with Gasteiger partial charge in [0.15, 0.2) is 11.4 Å². The standard InChI is InChI=1S/C10H14N2O4/c1-5(2)8-11-6(9(13)15-3)7(12-8)10(14)16-4/h5H,1-4H3,(H,11,12). The molecule has 88 valence electrons. The topological polar surface area (TPSA) is 81.3 Å². The van der Waals surface area contributed by atoms with Crippen molar-refractivity contribution in [2.75, 3.05) is 14.2 Å². The van der Waals surface area contributed by atoms with Gasteiger partial charge in [0.05, 0.1) is 14.2 Å². The number of aromatic amines is 1. The summed E-state index contributed by atoms with van der Waals surface area (Å²) in [5.41, 5.74) is -0.0175. The minimum absolute atomic E-state index is 0.0260. The van der Waals surface area contributed by atoms with E-state index in [1.165, 1.54) is 14.2 Å². The SMILES string of the molecule is COC(=O)c1nc(C(C)C)[nH]c1C(=O)OC. The molecule has 0 radical (unpaired) electrons. The third-order valence-electron chi connectivity index (χ3n) is 2.04. The number of ether oxygens (including phenoxy) is 2. The molecule has 16 heavy (non-hydrogen) atoms. The van der Waals surface area contributed by atoms with Crippen LogP contribution in [-0.4, -0.2) is 36.1 Å². The smallest absolute Gasteiger partial charge is 0.359 e. The predicted molar refractivity (Wildman–Crippen MR) is 55.4 cm³/mol. The fourth-order valence-corrected chi connectivity index (χ4v) is 1.16. The number of carbonyl (C=O) groups excluding carboxylic acids is 2. The number of H-pyrrole nitrogens is 1. The van der Waals surface area contributed by atoms with Crippen molar-refractivity contribution in [3.05, 3.63) is 17.2 Å². The Bertz CT molecular complexity index is 375. The van der Waals surface area contributed by atoms with Gasteiger partial charge < -0.3 is 14.5 Å². The Kier molecular flexibility index (Phi) is 3.65. The van der Waals surface area contributed by atoms with Gasteiger partial charge in [-0.3, -0.25) is 0 Å². The Hall–Kier alpha value is -1.85. The number of methoxy groups -OCH3 is 2. The molecule has 0 saturated heterocycles. The first-order valence-electron chi connectivity index (χ1n) is 4.77. The van der Waals surface area contributed by atoms with Crippen molar-refractivity contribution < 1.29 is 19.1 Å². The van der Waals surface area contributed by atoms with Crippen molar-refractivity contribution in [2.45, 2.75) is 19.8 Å². The highest BCUT2D eigenvalue weighted by Crippen LogP contribution is 2.15. The summed E-state index contributed by atoms with van der Waals surface area (Å²) < 4.78 is 9.08. The van der Waals surface area contributed by atoms with Crippen molar-refractivity contribution in [1.82, 2.24) is 9.97 Å². The van der Waals surface area contributed by atoms with E-state index in [2.05, 4.69) is 19.4 Å². The molecule has 0 fully saturated rings. The number of carbonyl (C=O) groups is 2. The number of imidazole rings is 1. The number of esters is 2. The van der Waals surface area contributed by atoms with Gasteiger partial charge in [-0.15, -0.1) is 0 Å². The second-order valence-electron chi connectivity index (χ2n) is 3.48. The lowest BCUT2D eigenvalue weighted by Gasteiger charge is -1.98. The van der Waals surface area contributed by atoms with Gasteiger partial charge in [0, 0.05) is 5.92 Å². The quantitative estimate of drug-likeness (QED) is 0.780. The molecule has 0 bridgehead atoms. The highest BCUT2D eigenvalue weighted by atomic mass is 16.5. The number of hydrogen-bond donors (Lipinski definition) is 1. The number of aromatic nitrogens is 2. The second-order valence-corrected chi connectivity index (χ2v) is 3.48. The largest absolute Gasteiger partial charge is 0.464 e. The van der Waals surface area contributed by atoms with Crippen LogP contribution in [-0.2, 0) is 9.47 Å². The number of hydrogen-bond acceptors (Lipinski definition) is 5. The van der Waals surface area contributed by atoms with E-state index in [-0.39, 0.29) is 17.3 Å². The summed E-state index contributed by atoms with van der Waals surface area (Å²) in [5, 5.41) is 0. The second kappa shape index (κ2) is 4.78. The minimum Gasteiger partial charge on any atom is -0.464 e. The molecule has 0 saturated carbocycles. The van der Waals surface area contributed by atoms with Gasteiger partial charge in [-0.1, -0.05) is 13.8 Å². The summed E-state index contributed by atoms with van der Waals surface area (Å²) in [6, 6.07) is 0. The van der Waals surface area contributed by atoms with E-state index in [4.69, 9.17) is 0 Å². The predicted octanol–water partition coefficient (Wildman–Crippen LogP) is 1.11. The first-order chi connectivity index (χ1) is 7.51. The first-order valence-corrected chi connectivity index (χ1v) is 4.77. The van der Waals surface area contributed by atoms with Gasteiger partial charge in [-0.2, -0.15) is 0 Å². The minimum atomic E-state index is -0.663. The van der Waals surface area contributed by atoms with Crippen LogP contribution in [0.25, 0.3) is 0 Å². The maximum Gasteiger partial charge on any atom is 0.359 e. The number of nitrogens with one attached hydrogen (secondary N) is 1. The molecule has 0 atom stereocenters. The van der Waals surface area contributed by atoms with Gasteiger partial charge >= 0.3 is 11.9 Å². The third-order valence-corrected chi connectivity index (χ3v) is 2.04. The van der Waals surface area contributed by atoms with Gasteiger partial charge in [-0.05, 0) is 0 Å². The summed E-state index contributed by atoms with van der Waals surface area (Å²) in [6.07, 6.45) is 0. The molecule has 0 amide bonds. The highest BCUT2D eigenvalue weighted by molar-refractivity contribution is 6.00. The number of rotatable bonds is 3. The summed E-state index contributed by atoms with van der Waals surface area (Å²) in [5.74, 6) is -0.689. The van der Waals surface area contributed by atoms with E-state index in [9.17, 15) is 9.59 Å². The average molecular weight is 226 g/mol. The molecule has 0 aliphatic rings. The summed E-state index contributed by atoms with van der Waals surface area (Å²) in [7, 11) is 2.46. The molecule has 0 aliphatic carbocycles. The first kappa shape index (κ1) is 12.2. The van der Waals surface area contributed by atoms with Crippen molar-refractivity contribution in [1.29, 1.82) is 0 Å². The summed E-state index contributed by atoms with van der Waals surface area (Å²) in [4.78, 5) is 29.5. The zero-order valence-electron chi connectivity index (χ0n) is 9.66.